The highest BCUT2D eigenvalue weighted by Crippen LogP contribution is 2.57. The first-order valence-corrected chi connectivity index (χ1v) is 15.2. The number of para-hydroxylation sites is 1. The molecule has 4 aromatic carbocycles. The Morgan fingerprint density at radius 1 is 0.854 bits per heavy atom. The molecule has 0 saturated heterocycles. The van der Waals surface area contributed by atoms with Crippen LogP contribution in [0.4, 0.5) is 17.1 Å². The van der Waals surface area contributed by atoms with Crippen LogP contribution in [0.2, 0.25) is 0 Å². The first-order valence-electron chi connectivity index (χ1n) is 15.2. The minimum atomic E-state index is -0.721. The van der Waals surface area contributed by atoms with Gasteiger partial charge in [-0.3, -0.25) is 4.99 Å². The number of fused-ring (bicyclic) bond motifs is 4. The molecule has 2 aliphatic heterocycles. The zero-order chi connectivity index (χ0) is 29.0. The molecule has 2 unspecified atom stereocenters. The fraction of sp³-hybridized carbons (Fsp3) is 0.378. The maximum Gasteiger partial charge on any atom is 0.229 e. The highest BCUT2D eigenvalue weighted by molar-refractivity contribution is 6.05. The number of rotatable bonds is 6. The minimum Gasteiger partial charge on any atom is -0.459 e. The SMILES string of the molecule is CCN(CC)c1ccc(-c2cc3c(c4ccccc24)OC2(C=N3)N(CC(C)(C)C)c3ccccc3C2(C)CC)cc1. The van der Waals surface area contributed by atoms with Crippen molar-refractivity contribution in [2.45, 2.75) is 66.0 Å². The van der Waals surface area contributed by atoms with Crippen molar-refractivity contribution < 1.29 is 4.74 Å². The molecule has 0 fully saturated rings. The highest BCUT2D eigenvalue weighted by Gasteiger charge is 2.61. The van der Waals surface area contributed by atoms with Crippen molar-refractivity contribution >= 4 is 34.0 Å². The van der Waals surface area contributed by atoms with Crippen LogP contribution in [0.1, 0.15) is 60.5 Å². The predicted octanol–water partition coefficient (Wildman–Crippen LogP) is 9.38. The van der Waals surface area contributed by atoms with Gasteiger partial charge in [-0.25, -0.2) is 0 Å². The van der Waals surface area contributed by atoms with Gasteiger partial charge < -0.3 is 14.5 Å². The van der Waals surface area contributed by atoms with Gasteiger partial charge in [0.25, 0.3) is 0 Å². The molecule has 212 valence electrons. The largest absolute Gasteiger partial charge is 0.459 e. The zero-order valence-electron chi connectivity index (χ0n) is 25.7. The number of hydrogen-bond donors (Lipinski definition) is 0. The summed E-state index contributed by atoms with van der Waals surface area (Å²) >= 11 is 0. The number of nitrogens with zero attached hydrogens (tertiary/aromatic N) is 3. The van der Waals surface area contributed by atoms with Crippen LogP contribution in [0.25, 0.3) is 21.9 Å². The van der Waals surface area contributed by atoms with Crippen molar-refractivity contribution in [3.05, 3.63) is 84.4 Å². The van der Waals surface area contributed by atoms with Crippen LogP contribution in [0.15, 0.2) is 83.9 Å². The summed E-state index contributed by atoms with van der Waals surface area (Å²) in [6.45, 7) is 18.8. The Hall–Kier alpha value is -3.79. The third-order valence-electron chi connectivity index (χ3n) is 9.24. The van der Waals surface area contributed by atoms with Crippen LogP contribution >= 0.6 is 0 Å². The van der Waals surface area contributed by atoms with Gasteiger partial charge in [0.05, 0.1) is 11.6 Å². The van der Waals surface area contributed by atoms with E-state index in [4.69, 9.17) is 9.73 Å². The van der Waals surface area contributed by atoms with Crippen LogP contribution in [0, 0.1) is 5.41 Å². The van der Waals surface area contributed by atoms with Crippen molar-refractivity contribution in [1.82, 2.24) is 0 Å². The number of hydrogen-bond acceptors (Lipinski definition) is 4. The van der Waals surface area contributed by atoms with Gasteiger partial charge in [-0.05, 0) is 78.9 Å². The summed E-state index contributed by atoms with van der Waals surface area (Å²) in [5.41, 5.74) is 6.17. The van der Waals surface area contributed by atoms with Crippen LogP contribution in [-0.4, -0.2) is 31.6 Å². The smallest absolute Gasteiger partial charge is 0.229 e. The Balaban J connectivity index is 1.52. The highest BCUT2D eigenvalue weighted by atomic mass is 16.5. The lowest BCUT2D eigenvalue weighted by atomic mass is 9.73. The maximum absolute atomic E-state index is 7.38. The molecule has 0 aromatic heterocycles. The van der Waals surface area contributed by atoms with Gasteiger partial charge in [-0.15, -0.1) is 0 Å². The van der Waals surface area contributed by atoms with Crippen LogP contribution in [-0.2, 0) is 5.41 Å². The Bertz CT molecular complexity index is 1610. The number of ether oxygens (including phenoxy) is 1. The standard InChI is InChI=1S/C37H43N3O/c1-8-36(7)31-17-13-14-18-33(31)40(25-35(4,5)6)37(36)24-38-32-23-30(28-15-11-12-16-29(28)34(32)41-37)26-19-21-27(22-20-26)39(9-2)10-3/h11-24H,8-10,25H2,1-7H3. The zero-order valence-corrected chi connectivity index (χ0v) is 25.7. The van der Waals surface area contributed by atoms with E-state index in [0.717, 1.165) is 42.9 Å². The van der Waals surface area contributed by atoms with Crippen LogP contribution < -0.4 is 14.5 Å². The molecule has 0 radical (unpaired) electrons. The minimum absolute atomic E-state index is 0.0692. The van der Waals surface area contributed by atoms with E-state index < -0.39 is 5.72 Å². The molecular weight excluding hydrogens is 502 g/mol. The summed E-state index contributed by atoms with van der Waals surface area (Å²) < 4.78 is 7.38. The molecule has 41 heavy (non-hydrogen) atoms. The lowest BCUT2D eigenvalue weighted by Crippen LogP contribution is -2.64. The Morgan fingerprint density at radius 2 is 1.51 bits per heavy atom. The van der Waals surface area contributed by atoms with Gasteiger partial charge in [-0.1, -0.05) is 82.3 Å². The average molecular weight is 546 g/mol. The first-order chi connectivity index (χ1) is 19.7. The lowest BCUT2D eigenvalue weighted by molar-refractivity contribution is 0.0618. The second kappa shape index (κ2) is 9.94. The molecule has 0 N–H and O–H groups in total. The third-order valence-corrected chi connectivity index (χ3v) is 9.24. The molecule has 4 heteroatoms. The second-order valence-corrected chi connectivity index (χ2v) is 12.9. The molecule has 6 rings (SSSR count). The Labute approximate surface area is 245 Å². The van der Waals surface area contributed by atoms with E-state index in [0.29, 0.717) is 0 Å². The number of aliphatic imine (C=N–C) groups is 1. The topological polar surface area (TPSA) is 28.1 Å². The molecule has 0 bridgehead atoms. The number of benzene rings is 4. The van der Waals surface area contributed by atoms with Crippen LogP contribution in [0.3, 0.4) is 0 Å². The summed E-state index contributed by atoms with van der Waals surface area (Å²) in [5.74, 6) is 0.873. The summed E-state index contributed by atoms with van der Waals surface area (Å²) in [6.07, 6.45) is 3.04. The Morgan fingerprint density at radius 3 is 2.17 bits per heavy atom. The first kappa shape index (κ1) is 27.4. The van der Waals surface area contributed by atoms with Crippen molar-refractivity contribution in [2.75, 3.05) is 29.4 Å². The summed E-state index contributed by atoms with van der Waals surface area (Å²) in [5, 5.41) is 2.29. The van der Waals surface area contributed by atoms with E-state index in [9.17, 15) is 0 Å². The molecular formula is C37H43N3O. The van der Waals surface area contributed by atoms with E-state index >= 15 is 0 Å². The van der Waals surface area contributed by atoms with Gasteiger partial charge in [0, 0.05) is 36.4 Å². The lowest BCUT2D eigenvalue weighted by Gasteiger charge is -2.49. The van der Waals surface area contributed by atoms with Crippen molar-refractivity contribution in [3.63, 3.8) is 0 Å². The monoisotopic (exact) mass is 545 g/mol. The summed E-state index contributed by atoms with van der Waals surface area (Å²) in [4.78, 5) is 10.1. The van der Waals surface area contributed by atoms with E-state index in [2.05, 4.69) is 143 Å². The van der Waals surface area contributed by atoms with Crippen molar-refractivity contribution in [3.8, 4) is 16.9 Å². The van der Waals surface area contributed by atoms with Gasteiger partial charge in [0.1, 0.15) is 5.69 Å². The maximum atomic E-state index is 7.38. The van der Waals surface area contributed by atoms with E-state index in [-0.39, 0.29) is 10.8 Å². The fourth-order valence-corrected chi connectivity index (χ4v) is 6.90. The molecule has 0 amide bonds. The molecule has 0 aliphatic carbocycles. The van der Waals surface area contributed by atoms with E-state index in [1.165, 1.54) is 33.5 Å². The van der Waals surface area contributed by atoms with Crippen molar-refractivity contribution in [2.24, 2.45) is 10.4 Å². The second-order valence-electron chi connectivity index (χ2n) is 12.9. The number of anilines is 2. The average Bonchev–Trinajstić information content (AvgIpc) is 3.17. The van der Waals surface area contributed by atoms with Gasteiger partial charge in [0.2, 0.25) is 5.72 Å². The molecule has 2 atom stereocenters. The molecule has 4 nitrogen and oxygen atoms in total. The van der Waals surface area contributed by atoms with Gasteiger partial charge in [-0.2, -0.15) is 0 Å². The third kappa shape index (κ3) is 4.22. The van der Waals surface area contributed by atoms with Gasteiger partial charge >= 0.3 is 0 Å². The normalized spacial score (nSPS) is 21.2. The predicted molar refractivity (Wildman–Crippen MR) is 175 cm³/mol. The van der Waals surface area contributed by atoms with Crippen LogP contribution in [0.5, 0.6) is 5.75 Å². The molecule has 1 spiro atoms. The molecule has 4 aromatic rings. The fourth-order valence-electron chi connectivity index (χ4n) is 6.90. The Kier molecular flexibility index (Phi) is 6.64. The van der Waals surface area contributed by atoms with E-state index in [1.54, 1.807) is 0 Å². The van der Waals surface area contributed by atoms with Crippen molar-refractivity contribution in [1.29, 1.82) is 0 Å². The molecule has 2 heterocycles. The quantitative estimate of drug-likeness (QED) is 0.242. The summed E-state index contributed by atoms with van der Waals surface area (Å²) in [6, 6.07) is 28.6. The summed E-state index contributed by atoms with van der Waals surface area (Å²) in [7, 11) is 0. The van der Waals surface area contributed by atoms with E-state index in [1.807, 2.05) is 0 Å². The molecule has 0 saturated carbocycles. The molecule has 2 aliphatic rings. The van der Waals surface area contributed by atoms with Gasteiger partial charge in [0.15, 0.2) is 5.75 Å².